The second-order valence-corrected chi connectivity index (χ2v) is 7.28. The summed E-state index contributed by atoms with van der Waals surface area (Å²) in [7, 11) is 1.76. The maximum Gasteiger partial charge on any atom is 0.260 e. The number of allylic oxidation sites excluding steroid dienone is 2. The zero-order chi connectivity index (χ0) is 18.4. The molecule has 6 heteroatoms. The van der Waals surface area contributed by atoms with E-state index in [1.807, 2.05) is 6.92 Å². The summed E-state index contributed by atoms with van der Waals surface area (Å²) in [6.45, 7) is 5.06. The highest BCUT2D eigenvalue weighted by Crippen LogP contribution is 2.54. The van der Waals surface area contributed by atoms with Gasteiger partial charge in [0.25, 0.3) is 5.91 Å². The highest BCUT2D eigenvalue weighted by atomic mass is 19.1. The van der Waals surface area contributed by atoms with Crippen molar-refractivity contribution < 1.29 is 18.7 Å². The standard InChI is InChI=1S/C19H22F2N2O2/c1-11(6-12(2)22-3)13-7-19(8-13)9-23(10-19)18(25)16-14(20)4-5-15(24)17(16)21/h4-6,13,24H,7-10H2,1-3H3/b11-6+,22-12?. The number of hydrogen-bond acceptors (Lipinski definition) is 3. The van der Waals surface area contributed by atoms with E-state index in [1.54, 1.807) is 7.05 Å². The molecule has 0 aromatic heterocycles. The van der Waals surface area contributed by atoms with Gasteiger partial charge in [0, 0.05) is 31.3 Å². The molecule has 4 nitrogen and oxygen atoms in total. The highest BCUT2D eigenvalue weighted by molar-refractivity contribution is 5.96. The summed E-state index contributed by atoms with van der Waals surface area (Å²) in [5, 5.41) is 9.37. The molecule has 1 aliphatic heterocycles. The molecule has 0 unspecified atom stereocenters. The van der Waals surface area contributed by atoms with Crippen molar-refractivity contribution in [2.24, 2.45) is 16.3 Å². The van der Waals surface area contributed by atoms with E-state index in [0.29, 0.717) is 19.0 Å². The molecule has 0 atom stereocenters. The van der Waals surface area contributed by atoms with E-state index in [4.69, 9.17) is 0 Å². The first-order chi connectivity index (χ1) is 11.8. The lowest BCUT2D eigenvalue weighted by Crippen LogP contribution is -2.64. The molecule has 1 N–H and O–H groups in total. The van der Waals surface area contributed by atoms with Crippen LogP contribution < -0.4 is 0 Å². The number of carbonyl (C=O) groups is 1. The number of aliphatic imine (C=N–C) groups is 1. The fourth-order valence-electron chi connectivity index (χ4n) is 3.88. The fourth-order valence-corrected chi connectivity index (χ4v) is 3.88. The Labute approximate surface area is 145 Å². The second kappa shape index (κ2) is 6.24. The lowest BCUT2D eigenvalue weighted by atomic mass is 9.56. The quantitative estimate of drug-likeness (QED) is 0.849. The third kappa shape index (κ3) is 3.05. The monoisotopic (exact) mass is 348 g/mol. The molecular formula is C19H22F2N2O2. The van der Waals surface area contributed by atoms with Gasteiger partial charge in [-0.2, -0.15) is 0 Å². The summed E-state index contributed by atoms with van der Waals surface area (Å²) in [6.07, 6.45) is 4.03. The number of likely N-dealkylation sites (tertiary alicyclic amines) is 1. The average Bonchev–Trinajstić information content (AvgIpc) is 2.48. The molecule has 134 valence electrons. The number of nitrogens with zero attached hydrogens (tertiary/aromatic N) is 2. The van der Waals surface area contributed by atoms with Crippen LogP contribution in [-0.4, -0.2) is 41.8 Å². The minimum absolute atomic E-state index is 0.0659. The smallest absolute Gasteiger partial charge is 0.260 e. The van der Waals surface area contributed by atoms with Crippen molar-refractivity contribution in [2.75, 3.05) is 20.1 Å². The van der Waals surface area contributed by atoms with Crippen LogP contribution >= 0.6 is 0 Å². The van der Waals surface area contributed by atoms with Crippen LogP contribution in [0.5, 0.6) is 5.75 Å². The zero-order valence-electron chi connectivity index (χ0n) is 14.6. The predicted octanol–water partition coefficient (Wildman–Crippen LogP) is 3.56. The van der Waals surface area contributed by atoms with Gasteiger partial charge in [0.15, 0.2) is 11.6 Å². The molecule has 0 radical (unpaired) electrons. The van der Waals surface area contributed by atoms with Crippen LogP contribution in [0.2, 0.25) is 0 Å². The van der Waals surface area contributed by atoms with E-state index in [2.05, 4.69) is 18.0 Å². The maximum absolute atomic E-state index is 13.9. The van der Waals surface area contributed by atoms with Gasteiger partial charge in [-0.3, -0.25) is 9.79 Å². The molecule has 1 amide bonds. The number of rotatable bonds is 3. The number of halogens is 2. The molecule has 1 heterocycles. The summed E-state index contributed by atoms with van der Waals surface area (Å²) in [4.78, 5) is 17.9. The Morgan fingerprint density at radius 3 is 2.56 bits per heavy atom. The Balaban J connectivity index is 1.62. The maximum atomic E-state index is 13.9. The molecule has 0 bridgehead atoms. The first kappa shape index (κ1) is 17.6. The van der Waals surface area contributed by atoms with Crippen molar-refractivity contribution >= 4 is 11.6 Å². The van der Waals surface area contributed by atoms with Gasteiger partial charge >= 0.3 is 0 Å². The van der Waals surface area contributed by atoms with E-state index < -0.39 is 28.9 Å². The largest absolute Gasteiger partial charge is 0.505 e. The van der Waals surface area contributed by atoms with Crippen LogP contribution in [0.25, 0.3) is 0 Å². The molecule has 1 saturated heterocycles. The van der Waals surface area contributed by atoms with E-state index in [9.17, 15) is 18.7 Å². The third-order valence-electron chi connectivity index (χ3n) is 5.42. The van der Waals surface area contributed by atoms with E-state index in [-0.39, 0.29) is 5.41 Å². The second-order valence-electron chi connectivity index (χ2n) is 7.28. The highest BCUT2D eigenvalue weighted by Gasteiger charge is 2.54. The number of hydrogen-bond donors (Lipinski definition) is 1. The van der Waals surface area contributed by atoms with Crippen LogP contribution in [-0.2, 0) is 0 Å². The first-order valence-corrected chi connectivity index (χ1v) is 8.34. The molecule has 1 aromatic carbocycles. The normalized spacial score (nSPS) is 20.4. The number of aromatic hydroxyl groups is 1. The van der Waals surface area contributed by atoms with E-state index in [1.165, 1.54) is 10.5 Å². The minimum atomic E-state index is -1.19. The van der Waals surface area contributed by atoms with Crippen LogP contribution in [0.3, 0.4) is 0 Å². The number of carbonyl (C=O) groups excluding carboxylic acids is 1. The SMILES string of the molecule is CN=C(C)/C=C(\C)C1CC2(C1)CN(C(=O)c1c(F)ccc(O)c1F)C2. The molecule has 2 aliphatic rings. The summed E-state index contributed by atoms with van der Waals surface area (Å²) < 4.78 is 27.7. The Hall–Kier alpha value is -2.24. The van der Waals surface area contributed by atoms with Gasteiger partial charge in [-0.1, -0.05) is 5.57 Å². The molecule has 25 heavy (non-hydrogen) atoms. The summed E-state index contributed by atoms with van der Waals surface area (Å²) in [5.74, 6) is -3.06. The van der Waals surface area contributed by atoms with Gasteiger partial charge < -0.3 is 10.0 Å². The van der Waals surface area contributed by atoms with Crippen LogP contribution in [0.1, 0.15) is 37.0 Å². The van der Waals surface area contributed by atoms with Crippen molar-refractivity contribution in [3.8, 4) is 5.75 Å². The van der Waals surface area contributed by atoms with Gasteiger partial charge in [0.2, 0.25) is 0 Å². The lowest BCUT2D eigenvalue weighted by molar-refractivity contribution is -0.0667. The molecule has 1 aliphatic carbocycles. The third-order valence-corrected chi connectivity index (χ3v) is 5.42. The Morgan fingerprint density at radius 1 is 1.32 bits per heavy atom. The van der Waals surface area contributed by atoms with E-state index >= 15 is 0 Å². The first-order valence-electron chi connectivity index (χ1n) is 8.34. The Morgan fingerprint density at radius 2 is 1.96 bits per heavy atom. The lowest BCUT2D eigenvalue weighted by Gasteiger charge is -2.59. The van der Waals surface area contributed by atoms with E-state index in [0.717, 1.165) is 30.7 Å². The zero-order valence-corrected chi connectivity index (χ0v) is 14.6. The van der Waals surface area contributed by atoms with Crippen molar-refractivity contribution in [3.63, 3.8) is 0 Å². The van der Waals surface area contributed by atoms with Crippen LogP contribution in [0, 0.1) is 23.0 Å². The van der Waals surface area contributed by atoms with Gasteiger partial charge in [0.1, 0.15) is 11.4 Å². The molecule has 1 aromatic rings. The minimum Gasteiger partial charge on any atom is -0.505 e. The Bertz CT molecular complexity index is 772. The number of phenolic OH excluding ortho intramolecular Hbond substituents is 1. The van der Waals surface area contributed by atoms with Crippen molar-refractivity contribution in [2.45, 2.75) is 26.7 Å². The molecule has 1 spiro atoms. The number of amides is 1. The summed E-state index contributed by atoms with van der Waals surface area (Å²) in [6, 6.07) is 1.82. The van der Waals surface area contributed by atoms with Crippen molar-refractivity contribution in [1.82, 2.24) is 4.90 Å². The number of benzene rings is 1. The molecule has 2 fully saturated rings. The van der Waals surface area contributed by atoms with Gasteiger partial charge in [-0.15, -0.1) is 0 Å². The van der Waals surface area contributed by atoms with Gasteiger partial charge in [0.05, 0.1) is 0 Å². The fraction of sp³-hybridized carbons (Fsp3) is 0.474. The molecule has 3 rings (SSSR count). The van der Waals surface area contributed by atoms with Crippen molar-refractivity contribution in [1.29, 1.82) is 0 Å². The van der Waals surface area contributed by atoms with Gasteiger partial charge in [-0.05, 0) is 50.8 Å². The summed E-state index contributed by atoms with van der Waals surface area (Å²) >= 11 is 0. The predicted molar refractivity (Wildman–Crippen MR) is 91.9 cm³/mol. The van der Waals surface area contributed by atoms with Crippen LogP contribution in [0.4, 0.5) is 8.78 Å². The van der Waals surface area contributed by atoms with Crippen LogP contribution in [0.15, 0.2) is 28.8 Å². The van der Waals surface area contributed by atoms with Gasteiger partial charge in [-0.25, -0.2) is 8.78 Å². The summed E-state index contributed by atoms with van der Waals surface area (Å²) in [5.41, 5.74) is 1.66. The average molecular weight is 348 g/mol. The molecule has 1 saturated carbocycles. The topological polar surface area (TPSA) is 52.9 Å². The Kier molecular flexibility index (Phi) is 4.39. The van der Waals surface area contributed by atoms with Crippen molar-refractivity contribution in [3.05, 3.63) is 41.0 Å². The molecular weight excluding hydrogens is 326 g/mol. The number of phenols is 1.